The fourth-order valence-electron chi connectivity index (χ4n) is 3.63. The minimum Gasteiger partial charge on any atom is -0.490 e. The number of amides is 1. The smallest absolute Gasteiger partial charge is 0.254 e. The van der Waals surface area contributed by atoms with E-state index in [2.05, 4.69) is 6.07 Å². The van der Waals surface area contributed by atoms with E-state index in [4.69, 9.17) is 14.7 Å². The average Bonchev–Trinajstić information content (AvgIpc) is 3.06. The number of ether oxygens (including phenoxy) is 2. The van der Waals surface area contributed by atoms with Crippen molar-refractivity contribution in [3.63, 3.8) is 0 Å². The maximum atomic E-state index is 13.0. The van der Waals surface area contributed by atoms with E-state index in [9.17, 15) is 4.79 Å². The second kappa shape index (κ2) is 7.09. The highest BCUT2D eigenvalue weighted by molar-refractivity contribution is 5.95. The molecule has 2 aromatic carbocycles. The Kier molecular flexibility index (Phi) is 4.49. The van der Waals surface area contributed by atoms with Crippen LogP contribution in [0.25, 0.3) is 0 Å². The quantitative estimate of drug-likeness (QED) is 0.830. The molecule has 1 atom stereocenters. The van der Waals surface area contributed by atoms with Crippen molar-refractivity contribution >= 4 is 5.91 Å². The molecule has 1 saturated heterocycles. The molecule has 5 nitrogen and oxygen atoms in total. The molecule has 0 spiro atoms. The molecular formula is C21H20N2O3. The number of nitriles is 1. The first kappa shape index (κ1) is 16.5. The van der Waals surface area contributed by atoms with Gasteiger partial charge < -0.3 is 14.4 Å². The molecule has 2 heterocycles. The first-order valence-corrected chi connectivity index (χ1v) is 8.97. The van der Waals surface area contributed by atoms with Gasteiger partial charge in [0.1, 0.15) is 0 Å². The van der Waals surface area contributed by atoms with Gasteiger partial charge >= 0.3 is 0 Å². The minimum absolute atomic E-state index is 0.0189. The highest BCUT2D eigenvalue weighted by atomic mass is 16.5. The van der Waals surface area contributed by atoms with Gasteiger partial charge in [0, 0.05) is 18.5 Å². The summed E-state index contributed by atoms with van der Waals surface area (Å²) in [6.45, 7) is 2.02. The molecule has 26 heavy (non-hydrogen) atoms. The van der Waals surface area contributed by atoms with Crippen molar-refractivity contribution in [3.8, 4) is 17.6 Å². The summed E-state index contributed by atoms with van der Waals surface area (Å²) in [5.41, 5.74) is 2.13. The zero-order valence-corrected chi connectivity index (χ0v) is 14.5. The minimum atomic E-state index is -0.0308. The van der Waals surface area contributed by atoms with Crippen LogP contribution in [0.3, 0.4) is 0 Å². The summed E-state index contributed by atoms with van der Waals surface area (Å²) in [7, 11) is 0. The molecule has 0 bridgehead atoms. The lowest BCUT2D eigenvalue weighted by molar-refractivity contribution is 0.0735. The fourth-order valence-corrected chi connectivity index (χ4v) is 3.63. The van der Waals surface area contributed by atoms with Gasteiger partial charge in [-0.15, -0.1) is 0 Å². The van der Waals surface area contributed by atoms with Gasteiger partial charge in [0.15, 0.2) is 11.5 Å². The Labute approximate surface area is 152 Å². The summed E-state index contributed by atoms with van der Waals surface area (Å²) in [6, 6.07) is 15.0. The van der Waals surface area contributed by atoms with Crippen molar-refractivity contribution in [3.05, 3.63) is 59.2 Å². The predicted octanol–water partition coefficient (Wildman–Crippen LogP) is 3.70. The Balaban J connectivity index is 1.61. The van der Waals surface area contributed by atoms with Crippen LogP contribution in [0.2, 0.25) is 0 Å². The SMILES string of the molecule is N#Cc1cccc(C(=O)N2CCC[C@H]2c2ccc3c(c2)OCCCO3)c1. The van der Waals surface area contributed by atoms with Gasteiger partial charge in [-0.25, -0.2) is 0 Å². The van der Waals surface area contributed by atoms with Crippen molar-refractivity contribution in [2.24, 2.45) is 0 Å². The van der Waals surface area contributed by atoms with Crippen LogP contribution in [-0.4, -0.2) is 30.6 Å². The number of carbonyl (C=O) groups excluding carboxylic acids is 1. The number of likely N-dealkylation sites (tertiary alicyclic amines) is 1. The number of fused-ring (bicyclic) bond motifs is 1. The molecule has 2 aromatic rings. The van der Waals surface area contributed by atoms with Crippen molar-refractivity contribution in [2.45, 2.75) is 25.3 Å². The predicted molar refractivity (Wildman–Crippen MR) is 96.2 cm³/mol. The second-order valence-electron chi connectivity index (χ2n) is 6.61. The van der Waals surface area contributed by atoms with Gasteiger partial charge in [-0.05, 0) is 48.7 Å². The third kappa shape index (κ3) is 3.11. The lowest BCUT2D eigenvalue weighted by Crippen LogP contribution is -2.30. The standard InChI is InChI=1S/C21H20N2O3/c22-14-15-4-1-5-17(12-15)21(24)23-9-2-6-18(23)16-7-8-19-20(13-16)26-11-3-10-25-19/h1,4-5,7-8,12-13,18H,2-3,6,9-11H2/t18-/m0/s1. The molecule has 0 saturated carbocycles. The second-order valence-corrected chi connectivity index (χ2v) is 6.61. The molecule has 4 rings (SSSR count). The summed E-state index contributed by atoms with van der Waals surface area (Å²) in [5, 5.41) is 9.07. The fraction of sp³-hybridized carbons (Fsp3) is 0.333. The maximum absolute atomic E-state index is 13.0. The van der Waals surface area contributed by atoms with Crippen molar-refractivity contribution in [2.75, 3.05) is 19.8 Å². The Morgan fingerprint density at radius 3 is 2.77 bits per heavy atom. The van der Waals surface area contributed by atoms with Crippen LogP contribution in [0.4, 0.5) is 0 Å². The third-order valence-corrected chi connectivity index (χ3v) is 4.91. The molecular weight excluding hydrogens is 328 g/mol. The number of hydrogen-bond donors (Lipinski definition) is 0. The van der Waals surface area contributed by atoms with Crippen LogP contribution in [0.5, 0.6) is 11.5 Å². The van der Waals surface area contributed by atoms with Crippen LogP contribution < -0.4 is 9.47 Å². The average molecular weight is 348 g/mol. The molecule has 2 aliphatic heterocycles. The number of carbonyl (C=O) groups is 1. The van der Waals surface area contributed by atoms with Gasteiger partial charge in [0.25, 0.3) is 5.91 Å². The Morgan fingerprint density at radius 2 is 1.92 bits per heavy atom. The maximum Gasteiger partial charge on any atom is 0.254 e. The van der Waals surface area contributed by atoms with E-state index in [-0.39, 0.29) is 11.9 Å². The molecule has 0 aromatic heterocycles. The van der Waals surface area contributed by atoms with Crippen LogP contribution in [0.1, 0.15) is 46.8 Å². The Morgan fingerprint density at radius 1 is 1.08 bits per heavy atom. The van der Waals surface area contributed by atoms with E-state index in [1.807, 2.05) is 23.1 Å². The summed E-state index contributed by atoms with van der Waals surface area (Å²) in [4.78, 5) is 14.9. The molecule has 0 N–H and O–H groups in total. The van der Waals surface area contributed by atoms with Crippen LogP contribution in [0, 0.1) is 11.3 Å². The number of hydrogen-bond acceptors (Lipinski definition) is 4. The molecule has 0 radical (unpaired) electrons. The molecule has 132 valence electrons. The zero-order valence-electron chi connectivity index (χ0n) is 14.5. The van der Waals surface area contributed by atoms with Gasteiger partial charge in [-0.3, -0.25) is 4.79 Å². The monoisotopic (exact) mass is 348 g/mol. The van der Waals surface area contributed by atoms with Crippen molar-refractivity contribution in [1.29, 1.82) is 5.26 Å². The molecule has 1 fully saturated rings. The molecule has 5 heteroatoms. The lowest BCUT2D eigenvalue weighted by Gasteiger charge is -2.26. The summed E-state index contributed by atoms with van der Waals surface area (Å²) >= 11 is 0. The summed E-state index contributed by atoms with van der Waals surface area (Å²) < 4.78 is 11.5. The van der Waals surface area contributed by atoms with E-state index in [1.165, 1.54) is 0 Å². The lowest BCUT2D eigenvalue weighted by atomic mass is 10.0. The van der Waals surface area contributed by atoms with Crippen LogP contribution in [-0.2, 0) is 0 Å². The van der Waals surface area contributed by atoms with Crippen molar-refractivity contribution < 1.29 is 14.3 Å². The number of nitrogens with zero attached hydrogens (tertiary/aromatic N) is 2. The topological polar surface area (TPSA) is 62.6 Å². The third-order valence-electron chi connectivity index (χ3n) is 4.91. The molecule has 1 amide bonds. The van der Waals surface area contributed by atoms with E-state index in [1.54, 1.807) is 24.3 Å². The highest BCUT2D eigenvalue weighted by Crippen LogP contribution is 2.38. The normalized spacial score (nSPS) is 18.9. The molecule has 0 aliphatic carbocycles. The largest absolute Gasteiger partial charge is 0.490 e. The zero-order chi connectivity index (χ0) is 17.9. The molecule has 0 unspecified atom stereocenters. The van der Waals surface area contributed by atoms with Gasteiger partial charge in [-0.1, -0.05) is 12.1 Å². The Hall–Kier alpha value is -3.00. The number of benzene rings is 2. The van der Waals surface area contributed by atoms with Crippen LogP contribution >= 0.6 is 0 Å². The van der Waals surface area contributed by atoms with Crippen LogP contribution in [0.15, 0.2) is 42.5 Å². The van der Waals surface area contributed by atoms with Gasteiger partial charge in [0.2, 0.25) is 0 Å². The van der Waals surface area contributed by atoms with E-state index in [0.29, 0.717) is 30.9 Å². The first-order chi connectivity index (χ1) is 12.8. The molecule has 2 aliphatic rings. The first-order valence-electron chi connectivity index (χ1n) is 8.97. The van der Waals surface area contributed by atoms with Gasteiger partial charge in [0.05, 0.1) is 30.9 Å². The summed E-state index contributed by atoms with van der Waals surface area (Å²) in [6.07, 6.45) is 2.75. The highest BCUT2D eigenvalue weighted by Gasteiger charge is 2.31. The number of rotatable bonds is 2. The Bertz CT molecular complexity index is 872. The van der Waals surface area contributed by atoms with Gasteiger partial charge in [-0.2, -0.15) is 5.26 Å². The summed E-state index contributed by atoms with van der Waals surface area (Å²) in [5.74, 6) is 1.49. The van der Waals surface area contributed by atoms with E-state index < -0.39 is 0 Å². The van der Waals surface area contributed by atoms with E-state index >= 15 is 0 Å². The van der Waals surface area contributed by atoms with Crippen molar-refractivity contribution in [1.82, 2.24) is 4.90 Å². The van der Waals surface area contributed by atoms with E-state index in [0.717, 1.165) is 36.3 Å².